The van der Waals surface area contributed by atoms with E-state index in [2.05, 4.69) is 10.2 Å². The normalized spacial score (nSPS) is 10.8. The van der Waals surface area contributed by atoms with Crippen LogP contribution in [0.15, 0.2) is 42.5 Å². The van der Waals surface area contributed by atoms with E-state index in [1.54, 1.807) is 24.1 Å². The van der Waals surface area contributed by atoms with Crippen LogP contribution in [-0.4, -0.2) is 39.5 Å². The van der Waals surface area contributed by atoms with Gasteiger partial charge < -0.3 is 4.90 Å². The molecule has 0 saturated heterocycles. The van der Waals surface area contributed by atoms with Gasteiger partial charge in [-0.05, 0) is 55.7 Å². The quantitative estimate of drug-likeness (QED) is 0.312. The van der Waals surface area contributed by atoms with Gasteiger partial charge in [0.05, 0.1) is 15.5 Å². The van der Waals surface area contributed by atoms with Crippen molar-refractivity contribution in [1.29, 1.82) is 0 Å². The van der Waals surface area contributed by atoms with Crippen LogP contribution in [0.1, 0.15) is 34.6 Å². The number of aryl methyl sites for hydroxylation is 1. The van der Waals surface area contributed by atoms with Crippen molar-refractivity contribution in [2.45, 2.75) is 25.7 Å². The topological polar surface area (TPSA) is 92.1 Å². The Morgan fingerprint density at radius 2 is 1.97 bits per heavy atom. The lowest BCUT2D eigenvalue weighted by molar-refractivity contribution is -0.380. The molecule has 0 bridgehead atoms. The third kappa shape index (κ3) is 5.47. The van der Waals surface area contributed by atoms with Crippen LogP contribution in [0.3, 0.4) is 0 Å². The molecule has 3 rings (SSSR count). The zero-order chi connectivity index (χ0) is 20.8. The Morgan fingerprint density at radius 3 is 2.66 bits per heavy atom. The molecule has 1 amide bonds. The lowest BCUT2D eigenvalue weighted by atomic mass is 10.1. The first kappa shape index (κ1) is 20.7. The highest BCUT2D eigenvalue weighted by Crippen LogP contribution is 2.25. The average molecular weight is 416 g/mol. The number of hydrogen-bond donors (Lipinski definition) is 1. The Bertz CT molecular complexity index is 984. The van der Waals surface area contributed by atoms with Gasteiger partial charge in [-0.2, -0.15) is 5.10 Å². The summed E-state index contributed by atoms with van der Waals surface area (Å²) in [6.07, 6.45) is 3.56. The second kappa shape index (κ2) is 9.42. The van der Waals surface area contributed by atoms with Crippen molar-refractivity contribution in [2.75, 3.05) is 13.6 Å². The van der Waals surface area contributed by atoms with Crippen LogP contribution in [-0.2, 0) is 6.42 Å². The molecule has 0 atom stereocenters. The standard InChI is InChI=1S/C20H21FN4O3S/c1-24(20(26)18-10-11-19(29-18)25(27)28)12-4-2-3-5-16-13-17(23-22-16)14-6-8-15(21)9-7-14/h6-11,13H,2-5,12H2,1H3,(H,22,23). The fraction of sp³-hybridized carbons (Fsp3) is 0.300. The first-order valence-electron chi connectivity index (χ1n) is 9.24. The number of halogens is 1. The van der Waals surface area contributed by atoms with E-state index in [0.717, 1.165) is 54.0 Å². The number of rotatable bonds is 9. The van der Waals surface area contributed by atoms with E-state index >= 15 is 0 Å². The fourth-order valence-electron chi connectivity index (χ4n) is 2.93. The monoisotopic (exact) mass is 416 g/mol. The number of nitrogens with zero attached hydrogens (tertiary/aromatic N) is 3. The summed E-state index contributed by atoms with van der Waals surface area (Å²) < 4.78 is 13.0. The molecule has 1 aromatic carbocycles. The number of aromatic nitrogens is 2. The highest BCUT2D eigenvalue weighted by Gasteiger charge is 2.18. The summed E-state index contributed by atoms with van der Waals surface area (Å²) >= 11 is 0.897. The maximum Gasteiger partial charge on any atom is 0.324 e. The number of nitro groups is 1. The van der Waals surface area contributed by atoms with E-state index in [0.29, 0.717) is 11.4 Å². The number of nitrogens with one attached hydrogen (secondary N) is 1. The van der Waals surface area contributed by atoms with Gasteiger partial charge in [-0.3, -0.25) is 20.0 Å². The Labute approximate surface area is 171 Å². The van der Waals surface area contributed by atoms with Gasteiger partial charge in [0.25, 0.3) is 5.91 Å². The van der Waals surface area contributed by atoms with E-state index in [4.69, 9.17) is 0 Å². The summed E-state index contributed by atoms with van der Waals surface area (Å²) in [5.74, 6) is -0.467. The van der Waals surface area contributed by atoms with Crippen LogP contribution in [0.5, 0.6) is 0 Å². The second-order valence-electron chi connectivity index (χ2n) is 6.72. The summed E-state index contributed by atoms with van der Waals surface area (Å²) in [5.41, 5.74) is 2.66. The number of amides is 1. The number of benzene rings is 1. The molecule has 1 N–H and O–H groups in total. The van der Waals surface area contributed by atoms with Crippen LogP contribution < -0.4 is 0 Å². The number of carbonyl (C=O) groups is 1. The molecule has 0 unspecified atom stereocenters. The summed E-state index contributed by atoms with van der Waals surface area (Å²) in [7, 11) is 1.71. The summed E-state index contributed by atoms with van der Waals surface area (Å²) in [4.78, 5) is 24.5. The van der Waals surface area contributed by atoms with Crippen LogP contribution in [0, 0.1) is 15.9 Å². The van der Waals surface area contributed by atoms with Gasteiger partial charge >= 0.3 is 5.00 Å². The molecular formula is C20H21FN4O3S. The number of H-pyrrole nitrogens is 1. The Hall–Kier alpha value is -3.07. The van der Waals surface area contributed by atoms with Gasteiger partial charge in [-0.15, -0.1) is 0 Å². The molecule has 7 nitrogen and oxygen atoms in total. The second-order valence-corrected chi connectivity index (χ2v) is 7.78. The molecule has 9 heteroatoms. The fourth-order valence-corrected chi connectivity index (χ4v) is 3.74. The van der Waals surface area contributed by atoms with Crippen molar-refractivity contribution in [3.8, 4) is 11.3 Å². The van der Waals surface area contributed by atoms with Gasteiger partial charge in [0.1, 0.15) is 5.82 Å². The van der Waals surface area contributed by atoms with Gasteiger partial charge in [0.15, 0.2) is 0 Å². The number of carbonyl (C=O) groups excluding carboxylic acids is 1. The predicted molar refractivity (Wildman–Crippen MR) is 109 cm³/mol. The third-order valence-electron chi connectivity index (χ3n) is 4.54. The summed E-state index contributed by atoms with van der Waals surface area (Å²) in [6, 6.07) is 11.0. The Morgan fingerprint density at radius 1 is 1.21 bits per heavy atom. The van der Waals surface area contributed by atoms with Crippen molar-refractivity contribution in [1.82, 2.24) is 15.1 Å². The van der Waals surface area contributed by atoms with Gasteiger partial charge in [0, 0.05) is 30.9 Å². The predicted octanol–water partition coefficient (Wildman–Crippen LogP) is 4.67. The van der Waals surface area contributed by atoms with Crippen molar-refractivity contribution < 1.29 is 14.1 Å². The van der Waals surface area contributed by atoms with Gasteiger partial charge in [-0.1, -0.05) is 17.8 Å². The van der Waals surface area contributed by atoms with Crippen LogP contribution in [0.4, 0.5) is 9.39 Å². The van der Waals surface area contributed by atoms with Gasteiger partial charge in [-0.25, -0.2) is 4.39 Å². The van der Waals surface area contributed by atoms with Crippen LogP contribution in [0.25, 0.3) is 11.3 Å². The highest BCUT2D eigenvalue weighted by atomic mass is 32.1. The molecule has 0 fully saturated rings. The molecule has 0 aliphatic heterocycles. The van der Waals surface area contributed by atoms with E-state index in [1.807, 2.05) is 6.07 Å². The minimum Gasteiger partial charge on any atom is -0.341 e. The maximum atomic E-state index is 13.0. The van der Waals surface area contributed by atoms with E-state index in [9.17, 15) is 19.3 Å². The SMILES string of the molecule is CN(CCCCCc1cc(-c2ccc(F)cc2)n[nH]1)C(=O)c1ccc([N+](=O)[O-])s1. The van der Waals surface area contributed by atoms with Crippen molar-refractivity contribution in [3.05, 3.63) is 69.0 Å². The smallest absolute Gasteiger partial charge is 0.324 e. The number of aromatic amines is 1. The molecule has 2 heterocycles. The zero-order valence-corrected chi connectivity index (χ0v) is 16.7. The Kier molecular flexibility index (Phi) is 6.71. The lowest BCUT2D eigenvalue weighted by Crippen LogP contribution is -2.27. The number of unbranched alkanes of at least 4 members (excludes halogenated alkanes) is 2. The molecule has 152 valence electrons. The molecule has 3 aromatic rings. The minimum absolute atomic E-state index is 0.0266. The average Bonchev–Trinajstić information content (AvgIpc) is 3.37. The highest BCUT2D eigenvalue weighted by molar-refractivity contribution is 7.17. The molecule has 0 saturated carbocycles. The molecule has 0 radical (unpaired) electrons. The largest absolute Gasteiger partial charge is 0.341 e. The van der Waals surface area contributed by atoms with E-state index in [1.165, 1.54) is 24.3 Å². The first-order valence-corrected chi connectivity index (χ1v) is 10.1. The zero-order valence-electron chi connectivity index (χ0n) is 15.9. The Balaban J connectivity index is 1.40. The lowest BCUT2D eigenvalue weighted by Gasteiger charge is -2.15. The van der Waals surface area contributed by atoms with Crippen LogP contribution >= 0.6 is 11.3 Å². The van der Waals surface area contributed by atoms with Crippen LogP contribution in [0.2, 0.25) is 0 Å². The first-order chi connectivity index (χ1) is 13.9. The third-order valence-corrected chi connectivity index (χ3v) is 5.56. The van der Waals surface area contributed by atoms with Gasteiger partial charge in [0.2, 0.25) is 0 Å². The van der Waals surface area contributed by atoms with Crippen molar-refractivity contribution in [3.63, 3.8) is 0 Å². The summed E-state index contributed by atoms with van der Waals surface area (Å²) in [5, 5.41) is 18.0. The van der Waals surface area contributed by atoms with E-state index < -0.39 is 4.92 Å². The van der Waals surface area contributed by atoms with Crippen molar-refractivity contribution >= 4 is 22.2 Å². The molecular weight excluding hydrogens is 395 g/mol. The van der Waals surface area contributed by atoms with Crippen molar-refractivity contribution in [2.24, 2.45) is 0 Å². The molecule has 2 aromatic heterocycles. The molecule has 0 spiro atoms. The number of thiophene rings is 1. The molecule has 0 aliphatic carbocycles. The maximum absolute atomic E-state index is 13.0. The minimum atomic E-state index is -0.488. The summed E-state index contributed by atoms with van der Waals surface area (Å²) in [6.45, 7) is 0.592. The van der Waals surface area contributed by atoms with E-state index in [-0.39, 0.29) is 16.7 Å². The molecule has 29 heavy (non-hydrogen) atoms. The number of hydrogen-bond acceptors (Lipinski definition) is 5. The molecule has 0 aliphatic rings.